The van der Waals surface area contributed by atoms with E-state index >= 15 is 0 Å². The molecule has 0 aliphatic heterocycles. The molecular formula is C12H20O3. The van der Waals surface area contributed by atoms with Crippen LogP contribution < -0.4 is 0 Å². The molecule has 0 heterocycles. The molecule has 0 bridgehead atoms. The van der Waals surface area contributed by atoms with Crippen molar-refractivity contribution in [3.8, 4) is 0 Å². The first kappa shape index (κ1) is 12.2. The van der Waals surface area contributed by atoms with Gasteiger partial charge in [0.2, 0.25) is 0 Å². The molecule has 1 aliphatic rings. The third kappa shape index (κ3) is 3.65. The van der Waals surface area contributed by atoms with E-state index in [9.17, 15) is 9.59 Å². The number of rotatable bonds is 2. The minimum Gasteiger partial charge on any atom is -0.481 e. The second-order valence-corrected chi connectivity index (χ2v) is 5.75. The lowest BCUT2D eigenvalue weighted by molar-refractivity contribution is -0.146. The predicted octanol–water partition coefficient (Wildman–Crippen LogP) is 2.49. The van der Waals surface area contributed by atoms with Gasteiger partial charge in [0, 0.05) is 12.8 Å². The quantitative estimate of drug-likeness (QED) is 0.765. The first-order valence-corrected chi connectivity index (χ1v) is 5.54. The Morgan fingerprint density at radius 2 is 2.07 bits per heavy atom. The lowest BCUT2D eigenvalue weighted by Crippen LogP contribution is -2.33. The number of carbonyl (C=O) groups excluding carboxylic acids is 1. The van der Waals surface area contributed by atoms with Crippen molar-refractivity contribution in [1.29, 1.82) is 0 Å². The summed E-state index contributed by atoms with van der Waals surface area (Å²) >= 11 is 0. The molecule has 2 atom stereocenters. The molecule has 0 spiro atoms. The number of carbonyl (C=O) groups is 2. The number of hydrogen-bond acceptors (Lipinski definition) is 2. The average Bonchev–Trinajstić information content (AvgIpc) is 1.99. The van der Waals surface area contributed by atoms with Crippen molar-refractivity contribution in [2.75, 3.05) is 0 Å². The van der Waals surface area contributed by atoms with Crippen LogP contribution in [0.3, 0.4) is 0 Å². The first-order valence-electron chi connectivity index (χ1n) is 5.54. The first-order chi connectivity index (χ1) is 6.79. The van der Waals surface area contributed by atoms with Gasteiger partial charge in [-0.25, -0.2) is 0 Å². The monoisotopic (exact) mass is 212 g/mol. The third-order valence-electron chi connectivity index (χ3n) is 2.98. The van der Waals surface area contributed by atoms with Gasteiger partial charge in [-0.3, -0.25) is 9.59 Å². The molecule has 0 unspecified atom stereocenters. The van der Waals surface area contributed by atoms with Gasteiger partial charge in [-0.15, -0.1) is 0 Å². The number of aliphatic carboxylic acids is 1. The van der Waals surface area contributed by atoms with Gasteiger partial charge in [0.15, 0.2) is 0 Å². The second kappa shape index (κ2) is 4.33. The van der Waals surface area contributed by atoms with Crippen LogP contribution in [0.15, 0.2) is 0 Å². The van der Waals surface area contributed by atoms with Crippen LogP contribution in [0.1, 0.15) is 46.5 Å². The Labute approximate surface area is 90.9 Å². The average molecular weight is 212 g/mol. The maximum absolute atomic E-state index is 11.3. The molecule has 1 saturated carbocycles. The highest BCUT2D eigenvalue weighted by atomic mass is 16.4. The van der Waals surface area contributed by atoms with Crippen molar-refractivity contribution in [1.82, 2.24) is 0 Å². The zero-order valence-electron chi connectivity index (χ0n) is 9.75. The van der Waals surface area contributed by atoms with E-state index < -0.39 is 5.97 Å². The van der Waals surface area contributed by atoms with Gasteiger partial charge < -0.3 is 5.11 Å². The Bertz CT molecular complexity index is 263. The molecule has 1 rings (SSSR count). The highest BCUT2D eigenvalue weighted by Gasteiger charge is 2.36. The molecule has 0 aromatic carbocycles. The summed E-state index contributed by atoms with van der Waals surface area (Å²) in [5.41, 5.74) is 0.0932. The summed E-state index contributed by atoms with van der Waals surface area (Å²) in [4.78, 5) is 22.4. The van der Waals surface area contributed by atoms with Crippen LogP contribution >= 0.6 is 0 Å². The van der Waals surface area contributed by atoms with Crippen molar-refractivity contribution in [3.05, 3.63) is 0 Å². The van der Waals surface area contributed by atoms with Crippen LogP contribution in [0.4, 0.5) is 0 Å². The van der Waals surface area contributed by atoms with E-state index in [0.29, 0.717) is 19.3 Å². The molecule has 3 nitrogen and oxygen atoms in total. The van der Waals surface area contributed by atoms with Crippen LogP contribution in [0.25, 0.3) is 0 Å². The summed E-state index contributed by atoms with van der Waals surface area (Å²) in [5, 5.41) is 9.08. The van der Waals surface area contributed by atoms with Crippen LogP contribution in [0.2, 0.25) is 0 Å². The zero-order chi connectivity index (χ0) is 11.6. The minimum atomic E-state index is -0.739. The van der Waals surface area contributed by atoms with Crippen LogP contribution in [0, 0.1) is 17.3 Å². The summed E-state index contributed by atoms with van der Waals surface area (Å²) in [6, 6.07) is 0. The summed E-state index contributed by atoms with van der Waals surface area (Å²) in [7, 11) is 0. The van der Waals surface area contributed by atoms with Crippen LogP contribution in [0.5, 0.6) is 0 Å². The Balaban J connectivity index is 2.70. The lowest BCUT2D eigenvalue weighted by Gasteiger charge is -2.32. The molecular weight excluding hydrogens is 192 g/mol. The van der Waals surface area contributed by atoms with Crippen molar-refractivity contribution < 1.29 is 14.7 Å². The summed E-state index contributed by atoms with van der Waals surface area (Å²) in [6.07, 6.45) is 2.23. The van der Waals surface area contributed by atoms with Crippen molar-refractivity contribution in [3.63, 3.8) is 0 Å². The molecule has 0 radical (unpaired) electrons. The molecule has 0 aromatic heterocycles. The molecule has 1 fully saturated rings. The van der Waals surface area contributed by atoms with Gasteiger partial charge in [-0.1, -0.05) is 20.8 Å². The Morgan fingerprint density at radius 1 is 1.47 bits per heavy atom. The molecule has 3 heteroatoms. The molecule has 0 saturated heterocycles. The van der Waals surface area contributed by atoms with Gasteiger partial charge in [0.05, 0.1) is 5.92 Å². The van der Waals surface area contributed by atoms with Gasteiger partial charge in [0.1, 0.15) is 5.78 Å². The lowest BCUT2D eigenvalue weighted by atomic mass is 9.71. The highest BCUT2D eigenvalue weighted by molar-refractivity contribution is 5.82. The topological polar surface area (TPSA) is 54.4 Å². The van der Waals surface area contributed by atoms with Crippen molar-refractivity contribution in [2.45, 2.75) is 46.5 Å². The van der Waals surface area contributed by atoms with Crippen LogP contribution in [-0.2, 0) is 9.59 Å². The standard InChI is InChI=1S/C12H20O3/c1-12(2,3)7-8-6-9(13)4-5-10(8)11(14)15/h8,10H,4-7H2,1-3H3,(H,14,15)/t8-,10+/m0/s1. The predicted molar refractivity (Wildman–Crippen MR) is 57.5 cm³/mol. The SMILES string of the molecule is CC(C)(C)C[C@@H]1CC(=O)CC[C@H]1C(=O)O. The van der Waals surface area contributed by atoms with E-state index in [2.05, 4.69) is 20.8 Å². The smallest absolute Gasteiger partial charge is 0.306 e. The fourth-order valence-corrected chi connectivity index (χ4v) is 2.42. The normalized spacial score (nSPS) is 27.8. The van der Waals surface area contributed by atoms with Crippen molar-refractivity contribution in [2.24, 2.45) is 17.3 Å². The van der Waals surface area contributed by atoms with E-state index in [1.54, 1.807) is 0 Å². The molecule has 0 amide bonds. The van der Waals surface area contributed by atoms with E-state index in [-0.39, 0.29) is 23.0 Å². The van der Waals surface area contributed by atoms with Crippen LogP contribution in [-0.4, -0.2) is 16.9 Å². The van der Waals surface area contributed by atoms with Gasteiger partial charge in [0.25, 0.3) is 0 Å². The Morgan fingerprint density at radius 3 is 2.53 bits per heavy atom. The largest absolute Gasteiger partial charge is 0.481 e. The fraction of sp³-hybridized carbons (Fsp3) is 0.833. The Hall–Kier alpha value is -0.860. The van der Waals surface area contributed by atoms with Gasteiger partial charge in [-0.05, 0) is 24.2 Å². The summed E-state index contributed by atoms with van der Waals surface area (Å²) in [5.74, 6) is -0.802. The highest BCUT2D eigenvalue weighted by Crippen LogP contribution is 2.36. The van der Waals surface area contributed by atoms with E-state index in [1.165, 1.54) is 0 Å². The van der Waals surface area contributed by atoms with Gasteiger partial charge >= 0.3 is 5.97 Å². The summed E-state index contributed by atoms with van der Waals surface area (Å²) < 4.78 is 0. The maximum Gasteiger partial charge on any atom is 0.306 e. The molecule has 1 aliphatic carbocycles. The third-order valence-corrected chi connectivity index (χ3v) is 2.98. The number of hydrogen-bond donors (Lipinski definition) is 1. The Kier molecular flexibility index (Phi) is 3.53. The van der Waals surface area contributed by atoms with Gasteiger partial charge in [-0.2, -0.15) is 0 Å². The number of ketones is 1. The molecule has 0 aromatic rings. The number of carboxylic acids is 1. The molecule has 86 valence electrons. The van der Waals surface area contributed by atoms with E-state index in [1.807, 2.05) is 0 Å². The minimum absolute atomic E-state index is 0.0312. The van der Waals surface area contributed by atoms with E-state index in [0.717, 1.165) is 6.42 Å². The maximum atomic E-state index is 11.3. The number of Topliss-reactive ketones (excluding diaryl/α,β-unsaturated/α-hetero) is 1. The fourth-order valence-electron chi connectivity index (χ4n) is 2.42. The second-order valence-electron chi connectivity index (χ2n) is 5.75. The zero-order valence-corrected chi connectivity index (χ0v) is 9.75. The van der Waals surface area contributed by atoms with Crippen molar-refractivity contribution >= 4 is 11.8 Å². The summed E-state index contributed by atoms with van der Waals surface area (Å²) in [6.45, 7) is 6.26. The molecule has 1 N–H and O–H groups in total. The number of carboxylic acid groups (broad SMARTS) is 1. The molecule has 15 heavy (non-hydrogen) atoms. The van der Waals surface area contributed by atoms with E-state index in [4.69, 9.17) is 5.11 Å².